The number of nitrogens with one attached hydrogen (secondary N) is 1. The normalized spacial score (nSPS) is 14.2. The number of methoxy groups -OCH3 is 2. The molecular formula is C13H21NO3. The third-order valence-corrected chi connectivity index (χ3v) is 2.83. The largest absolute Gasteiger partial charge is 0.493 e. The van der Waals surface area contributed by atoms with E-state index < -0.39 is 5.60 Å². The molecule has 0 spiro atoms. The molecule has 0 aliphatic rings. The first-order chi connectivity index (χ1) is 7.96. The zero-order valence-corrected chi connectivity index (χ0v) is 11.1. The van der Waals surface area contributed by atoms with Gasteiger partial charge in [0.25, 0.3) is 0 Å². The third kappa shape index (κ3) is 2.90. The Balaban J connectivity index is 3.25. The quantitative estimate of drug-likeness (QED) is 0.816. The second kappa shape index (κ2) is 5.38. The minimum Gasteiger partial charge on any atom is -0.493 e. The highest BCUT2D eigenvalue weighted by Gasteiger charge is 2.25. The van der Waals surface area contributed by atoms with Crippen LogP contribution in [-0.2, 0) is 5.60 Å². The molecule has 96 valence electrons. The van der Waals surface area contributed by atoms with Gasteiger partial charge in [-0.15, -0.1) is 0 Å². The van der Waals surface area contributed by atoms with Crippen molar-refractivity contribution in [3.63, 3.8) is 0 Å². The van der Waals surface area contributed by atoms with E-state index in [9.17, 15) is 5.11 Å². The Morgan fingerprint density at radius 2 is 1.76 bits per heavy atom. The minimum absolute atomic E-state index is 0.476. The molecule has 2 N–H and O–H groups in total. The number of rotatable bonds is 5. The molecular weight excluding hydrogens is 218 g/mol. The van der Waals surface area contributed by atoms with Gasteiger partial charge in [0.15, 0.2) is 11.5 Å². The summed E-state index contributed by atoms with van der Waals surface area (Å²) in [5.41, 5.74) is 0.880. The van der Waals surface area contributed by atoms with Crippen LogP contribution in [0, 0.1) is 6.92 Å². The van der Waals surface area contributed by atoms with Gasteiger partial charge in [-0.25, -0.2) is 0 Å². The van der Waals surface area contributed by atoms with Crippen molar-refractivity contribution in [2.45, 2.75) is 19.4 Å². The van der Waals surface area contributed by atoms with Gasteiger partial charge in [0, 0.05) is 6.54 Å². The predicted molar refractivity (Wildman–Crippen MR) is 67.8 cm³/mol. The number of hydrogen-bond donors (Lipinski definition) is 2. The average Bonchev–Trinajstić information content (AvgIpc) is 2.28. The van der Waals surface area contributed by atoms with Crippen LogP contribution < -0.4 is 14.8 Å². The Morgan fingerprint density at radius 3 is 2.24 bits per heavy atom. The molecule has 0 heterocycles. The SMILES string of the molecule is CNCC(C)(O)c1cc(OC)c(OC)cc1C. The first kappa shape index (κ1) is 13.8. The van der Waals surface area contributed by atoms with E-state index in [1.54, 1.807) is 21.1 Å². The van der Waals surface area contributed by atoms with Crippen LogP contribution in [0.5, 0.6) is 11.5 Å². The molecule has 0 aliphatic heterocycles. The lowest BCUT2D eigenvalue weighted by molar-refractivity contribution is 0.0582. The summed E-state index contributed by atoms with van der Waals surface area (Å²) in [6.07, 6.45) is 0. The molecule has 1 aromatic rings. The molecule has 0 aliphatic carbocycles. The van der Waals surface area contributed by atoms with Gasteiger partial charge in [0.05, 0.1) is 19.8 Å². The Hall–Kier alpha value is -1.26. The van der Waals surface area contributed by atoms with Gasteiger partial charge in [-0.1, -0.05) is 0 Å². The lowest BCUT2D eigenvalue weighted by Crippen LogP contribution is -2.34. The molecule has 4 nitrogen and oxygen atoms in total. The van der Waals surface area contributed by atoms with Crippen molar-refractivity contribution in [2.24, 2.45) is 0 Å². The molecule has 1 rings (SSSR count). The number of benzene rings is 1. The van der Waals surface area contributed by atoms with Crippen LogP contribution in [0.3, 0.4) is 0 Å². The van der Waals surface area contributed by atoms with Crippen LogP contribution >= 0.6 is 0 Å². The van der Waals surface area contributed by atoms with E-state index in [4.69, 9.17) is 9.47 Å². The molecule has 0 radical (unpaired) electrons. The molecule has 1 unspecified atom stereocenters. The van der Waals surface area contributed by atoms with Gasteiger partial charge in [-0.05, 0) is 44.2 Å². The van der Waals surface area contributed by atoms with E-state index in [0.29, 0.717) is 18.0 Å². The Kier molecular flexibility index (Phi) is 4.37. The smallest absolute Gasteiger partial charge is 0.161 e. The number of aliphatic hydroxyl groups is 1. The fourth-order valence-electron chi connectivity index (χ4n) is 2.00. The summed E-state index contributed by atoms with van der Waals surface area (Å²) in [5, 5.41) is 13.4. The standard InChI is InChI=1S/C13H21NO3/c1-9-6-11(16-4)12(17-5)7-10(9)13(2,15)8-14-3/h6-7,14-15H,8H2,1-5H3. The first-order valence-corrected chi connectivity index (χ1v) is 5.56. The summed E-state index contributed by atoms with van der Waals surface area (Å²) in [6.45, 7) is 4.20. The highest BCUT2D eigenvalue weighted by atomic mass is 16.5. The molecule has 4 heteroatoms. The van der Waals surface area contributed by atoms with E-state index in [-0.39, 0.29) is 0 Å². The molecule has 0 fully saturated rings. The molecule has 0 saturated heterocycles. The Morgan fingerprint density at radius 1 is 1.24 bits per heavy atom. The summed E-state index contributed by atoms with van der Waals surface area (Å²) in [6, 6.07) is 3.70. The van der Waals surface area contributed by atoms with Crippen molar-refractivity contribution < 1.29 is 14.6 Å². The van der Waals surface area contributed by atoms with E-state index in [1.807, 2.05) is 26.1 Å². The first-order valence-electron chi connectivity index (χ1n) is 5.56. The van der Waals surface area contributed by atoms with Crippen molar-refractivity contribution in [1.82, 2.24) is 5.32 Å². The maximum absolute atomic E-state index is 10.4. The van der Waals surface area contributed by atoms with Gasteiger partial charge in [-0.3, -0.25) is 0 Å². The molecule has 0 aromatic heterocycles. The summed E-state index contributed by atoms with van der Waals surface area (Å²) in [7, 11) is 5.00. The zero-order valence-electron chi connectivity index (χ0n) is 11.1. The van der Waals surface area contributed by atoms with Crippen molar-refractivity contribution in [1.29, 1.82) is 0 Å². The third-order valence-electron chi connectivity index (χ3n) is 2.83. The topological polar surface area (TPSA) is 50.7 Å². The second-order valence-corrected chi connectivity index (χ2v) is 4.33. The average molecular weight is 239 g/mol. The molecule has 17 heavy (non-hydrogen) atoms. The van der Waals surface area contributed by atoms with Crippen LogP contribution in [0.25, 0.3) is 0 Å². The molecule has 1 aromatic carbocycles. The van der Waals surface area contributed by atoms with Gasteiger partial charge in [-0.2, -0.15) is 0 Å². The fourth-order valence-corrected chi connectivity index (χ4v) is 2.00. The molecule has 0 bridgehead atoms. The van der Waals surface area contributed by atoms with E-state index >= 15 is 0 Å². The Bertz CT molecular complexity index is 388. The monoisotopic (exact) mass is 239 g/mol. The van der Waals surface area contributed by atoms with Crippen molar-refractivity contribution >= 4 is 0 Å². The van der Waals surface area contributed by atoms with Gasteiger partial charge in [0.2, 0.25) is 0 Å². The highest BCUT2D eigenvalue weighted by Crippen LogP contribution is 2.34. The number of likely N-dealkylation sites (N-methyl/N-ethyl adjacent to an activating group) is 1. The predicted octanol–water partition coefficient (Wildman–Crippen LogP) is 1.44. The highest BCUT2D eigenvalue weighted by molar-refractivity contribution is 5.48. The summed E-state index contributed by atoms with van der Waals surface area (Å²) < 4.78 is 10.5. The summed E-state index contributed by atoms with van der Waals surface area (Å²) >= 11 is 0. The molecule has 0 amide bonds. The van der Waals surface area contributed by atoms with Crippen LogP contribution in [0.2, 0.25) is 0 Å². The van der Waals surface area contributed by atoms with Crippen LogP contribution in [0.15, 0.2) is 12.1 Å². The van der Waals surface area contributed by atoms with Crippen molar-refractivity contribution in [3.8, 4) is 11.5 Å². The van der Waals surface area contributed by atoms with E-state index in [0.717, 1.165) is 11.1 Å². The lowest BCUT2D eigenvalue weighted by atomic mass is 9.91. The van der Waals surface area contributed by atoms with Gasteiger partial charge in [0.1, 0.15) is 0 Å². The van der Waals surface area contributed by atoms with E-state index in [2.05, 4.69) is 5.32 Å². The van der Waals surface area contributed by atoms with Gasteiger partial charge < -0.3 is 19.9 Å². The van der Waals surface area contributed by atoms with E-state index in [1.165, 1.54) is 0 Å². The van der Waals surface area contributed by atoms with Crippen LogP contribution in [0.4, 0.5) is 0 Å². The number of ether oxygens (including phenoxy) is 2. The minimum atomic E-state index is -0.932. The maximum Gasteiger partial charge on any atom is 0.161 e. The molecule has 0 saturated carbocycles. The van der Waals surface area contributed by atoms with Gasteiger partial charge >= 0.3 is 0 Å². The zero-order chi connectivity index (χ0) is 13.1. The lowest BCUT2D eigenvalue weighted by Gasteiger charge is -2.26. The number of hydrogen-bond acceptors (Lipinski definition) is 4. The van der Waals surface area contributed by atoms with Crippen molar-refractivity contribution in [2.75, 3.05) is 27.8 Å². The maximum atomic E-state index is 10.4. The number of aryl methyl sites for hydroxylation is 1. The molecule has 1 atom stereocenters. The second-order valence-electron chi connectivity index (χ2n) is 4.33. The fraction of sp³-hybridized carbons (Fsp3) is 0.538. The summed E-state index contributed by atoms with van der Waals surface area (Å²) in [5.74, 6) is 1.30. The van der Waals surface area contributed by atoms with Crippen LogP contribution in [0.1, 0.15) is 18.1 Å². The summed E-state index contributed by atoms with van der Waals surface area (Å²) in [4.78, 5) is 0. The van der Waals surface area contributed by atoms with Crippen LogP contribution in [-0.4, -0.2) is 32.9 Å². The Labute approximate surface area is 103 Å². The van der Waals surface area contributed by atoms with Crippen molar-refractivity contribution in [3.05, 3.63) is 23.3 Å².